The summed E-state index contributed by atoms with van der Waals surface area (Å²) in [4.78, 5) is 18.9. The number of anilines is 2. The zero-order chi connectivity index (χ0) is 18.9. The SMILES string of the molecule is Cc1ncccc1Nc1cc(C(F)(F)F)ccc1-c1ocnc1C(=O)O. The first kappa shape index (κ1) is 17.5. The molecule has 0 saturated heterocycles. The molecular formula is C17H12F3N3O3. The van der Waals surface area contributed by atoms with Gasteiger partial charge in [0.15, 0.2) is 17.8 Å². The predicted octanol–water partition coefficient (Wildman–Crippen LogP) is 4.51. The third-order valence-electron chi connectivity index (χ3n) is 3.64. The third kappa shape index (κ3) is 3.37. The van der Waals surface area contributed by atoms with E-state index in [-0.39, 0.29) is 17.0 Å². The Labute approximate surface area is 145 Å². The predicted molar refractivity (Wildman–Crippen MR) is 86.2 cm³/mol. The second kappa shape index (κ2) is 6.51. The quantitative estimate of drug-likeness (QED) is 0.709. The number of carboxylic acids is 1. The molecule has 0 radical (unpaired) electrons. The van der Waals surface area contributed by atoms with Gasteiger partial charge in [0.1, 0.15) is 0 Å². The molecule has 3 aromatic rings. The summed E-state index contributed by atoms with van der Waals surface area (Å²) in [6.45, 7) is 1.69. The normalized spacial score (nSPS) is 11.4. The number of aromatic nitrogens is 2. The van der Waals surface area contributed by atoms with Crippen LogP contribution < -0.4 is 5.32 Å². The summed E-state index contributed by atoms with van der Waals surface area (Å²) in [5.41, 5.74) is -0.0833. The average Bonchev–Trinajstić information content (AvgIpc) is 3.06. The molecule has 26 heavy (non-hydrogen) atoms. The van der Waals surface area contributed by atoms with Crippen molar-refractivity contribution in [1.29, 1.82) is 0 Å². The highest BCUT2D eigenvalue weighted by molar-refractivity contribution is 5.94. The number of aryl methyl sites for hydroxylation is 1. The Kier molecular flexibility index (Phi) is 4.37. The number of oxazole rings is 1. The Morgan fingerprint density at radius 1 is 1.19 bits per heavy atom. The number of alkyl halides is 3. The second-order valence-electron chi connectivity index (χ2n) is 5.35. The lowest BCUT2D eigenvalue weighted by Gasteiger charge is -2.15. The Hall–Kier alpha value is -3.36. The molecule has 0 atom stereocenters. The van der Waals surface area contributed by atoms with E-state index in [0.717, 1.165) is 24.6 Å². The monoisotopic (exact) mass is 363 g/mol. The van der Waals surface area contributed by atoms with Crippen molar-refractivity contribution in [3.63, 3.8) is 0 Å². The number of aromatic carboxylic acids is 1. The van der Waals surface area contributed by atoms with Gasteiger partial charge in [0.2, 0.25) is 0 Å². The van der Waals surface area contributed by atoms with Gasteiger partial charge in [-0.2, -0.15) is 13.2 Å². The van der Waals surface area contributed by atoms with Gasteiger partial charge in [0.05, 0.1) is 22.6 Å². The molecule has 9 heteroatoms. The zero-order valence-corrected chi connectivity index (χ0v) is 13.3. The lowest BCUT2D eigenvalue weighted by Crippen LogP contribution is -2.07. The first-order valence-corrected chi connectivity index (χ1v) is 7.34. The largest absolute Gasteiger partial charge is 0.476 e. The van der Waals surface area contributed by atoms with Crippen LogP contribution in [0.5, 0.6) is 0 Å². The van der Waals surface area contributed by atoms with E-state index in [1.165, 1.54) is 0 Å². The van der Waals surface area contributed by atoms with Crippen molar-refractivity contribution < 1.29 is 27.5 Å². The minimum Gasteiger partial charge on any atom is -0.476 e. The highest BCUT2D eigenvalue weighted by atomic mass is 19.4. The van der Waals surface area contributed by atoms with Crippen LogP contribution in [0.25, 0.3) is 11.3 Å². The fraction of sp³-hybridized carbons (Fsp3) is 0.118. The summed E-state index contributed by atoms with van der Waals surface area (Å²) in [5.74, 6) is -1.49. The van der Waals surface area contributed by atoms with E-state index < -0.39 is 23.4 Å². The van der Waals surface area contributed by atoms with Crippen molar-refractivity contribution in [3.05, 3.63) is 59.9 Å². The number of nitrogens with zero attached hydrogens (tertiary/aromatic N) is 2. The highest BCUT2D eigenvalue weighted by Crippen LogP contribution is 2.38. The van der Waals surface area contributed by atoms with Crippen molar-refractivity contribution >= 4 is 17.3 Å². The van der Waals surface area contributed by atoms with E-state index >= 15 is 0 Å². The molecule has 6 nitrogen and oxygen atoms in total. The van der Waals surface area contributed by atoms with E-state index in [0.29, 0.717) is 11.4 Å². The number of nitrogens with one attached hydrogen (secondary N) is 1. The lowest BCUT2D eigenvalue weighted by atomic mass is 10.0. The van der Waals surface area contributed by atoms with Crippen molar-refractivity contribution in [3.8, 4) is 11.3 Å². The van der Waals surface area contributed by atoms with Gasteiger partial charge < -0.3 is 14.8 Å². The van der Waals surface area contributed by atoms with E-state index in [2.05, 4.69) is 15.3 Å². The Bertz CT molecular complexity index is 967. The van der Waals surface area contributed by atoms with Gasteiger partial charge in [0, 0.05) is 11.8 Å². The average molecular weight is 363 g/mol. The molecule has 0 aliphatic heterocycles. The number of pyridine rings is 1. The molecule has 134 valence electrons. The summed E-state index contributed by atoms with van der Waals surface area (Å²) in [6.07, 6.45) is -2.09. The molecular weight excluding hydrogens is 351 g/mol. The second-order valence-corrected chi connectivity index (χ2v) is 5.35. The van der Waals surface area contributed by atoms with Crippen LogP contribution in [-0.4, -0.2) is 21.0 Å². The first-order chi connectivity index (χ1) is 12.3. The van der Waals surface area contributed by atoms with Gasteiger partial charge in [-0.15, -0.1) is 0 Å². The number of halogens is 3. The summed E-state index contributed by atoms with van der Waals surface area (Å²) < 4.78 is 44.4. The van der Waals surface area contributed by atoms with Crippen LogP contribution in [0.1, 0.15) is 21.7 Å². The van der Waals surface area contributed by atoms with Crippen molar-refractivity contribution in [2.24, 2.45) is 0 Å². The summed E-state index contributed by atoms with van der Waals surface area (Å²) in [7, 11) is 0. The topological polar surface area (TPSA) is 88.3 Å². The van der Waals surface area contributed by atoms with E-state index in [9.17, 15) is 23.1 Å². The maximum absolute atomic E-state index is 13.1. The number of benzene rings is 1. The number of hydrogen-bond acceptors (Lipinski definition) is 5. The molecule has 0 amide bonds. The Morgan fingerprint density at radius 2 is 1.96 bits per heavy atom. The van der Waals surface area contributed by atoms with Crippen LogP contribution in [0.3, 0.4) is 0 Å². The minimum absolute atomic E-state index is 0.0233. The third-order valence-corrected chi connectivity index (χ3v) is 3.64. The molecule has 0 spiro atoms. The maximum Gasteiger partial charge on any atom is 0.416 e. The lowest BCUT2D eigenvalue weighted by molar-refractivity contribution is -0.137. The molecule has 1 aromatic carbocycles. The number of carboxylic acid groups (broad SMARTS) is 1. The van der Waals surface area contributed by atoms with E-state index in [1.807, 2.05) is 0 Å². The van der Waals surface area contributed by atoms with Crippen LogP contribution in [-0.2, 0) is 6.18 Å². The molecule has 0 bridgehead atoms. The summed E-state index contributed by atoms with van der Waals surface area (Å²) >= 11 is 0. The number of rotatable bonds is 4. The van der Waals surface area contributed by atoms with Crippen molar-refractivity contribution in [2.45, 2.75) is 13.1 Å². The summed E-state index contributed by atoms with van der Waals surface area (Å²) in [5, 5.41) is 12.1. The molecule has 0 aliphatic rings. The van der Waals surface area contributed by atoms with Gasteiger partial charge >= 0.3 is 12.1 Å². The number of hydrogen-bond donors (Lipinski definition) is 2. The van der Waals surface area contributed by atoms with Gasteiger partial charge in [0.25, 0.3) is 0 Å². The van der Waals surface area contributed by atoms with Crippen LogP contribution in [0.15, 0.2) is 47.3 Å². The van der Waals surface area contributed by atoms with Gasteiger partial charge in [-0.25, -0.2) is 9.78 Å². The van der Waals surface area contributed by atoms with Crippen molar-refractivity contribution in [2.75, 3.05) is 5.32 Å². The van der Waals surface area contributed by atoms with E-state index in [1.54, 1.807) is 25.3 Å². The molecule has 2 aromatic heterocycles. The minimum atomic E-state index is -4.56. The maximum atomic E-state index is 13.1. The molecule has 2 N–H and O–H groups in total. The van der Waals surface area contributed by atoms with Gasteiger partial charge in [-0.05, 0) is 37.3 Å². The summed E-state index contributed by atoms with van der Waals surface area (Å²) in [6, 6.07) is 6.15. The molecule has 0 unspecified atom stereocenters. The van der Waals surface area contributed by atoms with Crippen molar-refractivity contribution in [1.82, 2.24) is 9.97 Å². The Morgan fingerprint density at radius 3 is 2.62 bits per heavy atom. The smallest absolute Gasteiger partial charge is 0.416 e. The van der Waals surface area contributed by atoms with Crippen LogP contribution >= 0.6 is 0 Å². The first-order valence-electron chi connectivity index (χ1n) is 7.34. The zero-order valence-electron chi connectivity index (χ0n) is 13.3. The van der Waals surface area contributed by atoms with Crippen LogP contribution in [0.4, 0.5) is 24.5 Å². The molecule has 2 heterocycles. The number of carbonyl (C=O) groups is 1. The van der Waals surface area contributed by atoms with Gasteiger partial charge in [-0.1, -0.05) is 0 Å². The molecule has 0 fully saturated rings. The Balaban J connectivity index is 2.16. The fourth-order valence-corrected chi connectivity index (χ4v) is 2.37. The fourth-order valence-electron chi connectivity index (χ4n) is 2.37. The molecule has 0 saturated carbocycles. The van der Waals surface area contributed by atoms with Gasteiger partial charge in [-0.3, -0.25) is 4.98 Å². The standard InChI is InChI=1S/C17H12F3N3O3/c1-9-12(3-2-6-21-9)23-13-7-10(17(18,19)20)4-5-11(13)15-14(16(24)25)22-8-26-15/h2-8,23H,1H3,(H,24,25). The van der Waals surface area contributed by atoms with E-state index in [4.69, 9.17) is 4.42 Å². The highest BCUT2D eigenvalue weighted by Gasteiger charge is 2.32. The molecule has 3 rings (SSSR count). The van der Waals surface area contributed by atoms with Crippen LogP contribution in [0.2, 0.25) is 0 Å². The molecule has 0 aliphatic carbocycles. The van der Waals surface area contributed by atoms with Crippen LogP contribution in [0, 0.1) is 6.92 Å².